The molecule has 0 aromatic heterocycles. The number of alkyl halides is 1. The zero-order chi connectivity index (χ0) is 13.5. The number of primary amides is 1. The lowest BCUT2D eigenvalue weighted by Crippen LogP contribution is -2.21. The first-order valence-electron chi connectivity index (χ1n) is 4.92. The summed E-state index contributed by atoms with van der Waals surface area (Å²) in [6.45, 7) is -1.05. The molecule has 1 unspecified atom stereocenters. The molecule has 0 aliphatic carbocycles. The van der Waals surface area contributed by atoms with Crippen molar-refractivity contribution in [3.8, 4) is 0 Å². The van der Waals surface area contributed by atoms with Crippen molar-refractivity contribution in [3.63, 3.8) is 0 Å². The number of hydrogen-bond acceptors (Lipinski definition) is 4. The molecule has 1 aliphatic rings. The predicted molar refractivity (Wildman–Crippen MR) is 56.7 cm³/mol. The molecule has 1 heterocycles. The number of amides is 1. The van der Waals surface area contributed by atoms with Crippen LogP contribution in [0.4, 0.5) is 8.78 Å². The molecular weight excluding hydrogens is 268 g/mol. The van der Waals surface area contributed by atoms with E-state index in [0.717, 1.165) is 12.1 Å². The highest BCUT2D eigenvalue weighted by atomic mass is 32.2. The van der Waals surface area contributed by atoms with Gasteiger partial charge >= 0.3 is 0 Å². The van der Waals surface area contributed by atoms with Crippen molar-refractivity contribution in [1.82, 2.24) is 0 Å². The first-order valence-corrected chi connectivity index (χ1v) is 6.46. The quantitative estimate of drug-likeness (QED) is 0.811. The van der Waals surface area contributed by atoms with Crippen LogP contribution in [0.1, 0.15) is 15.9 Å². The Kier molecular flexibility index (Phi) is 3.07. The molecule has 2 N–H and O–H groups in total. The van der Waals surface area contributed by atoms with Crippen molar-refractivity contribution in [2.75, 3.05) is 6.61 Å². The van der Waals surface area contributed by atoms with Crippen molar-refractivity contribution in [1.29, 1.82) is 0 Å². The highest BCUT2D eigenvalue weighted by Gasteiger charge is 2.34. The Morgan fingerprint density at radius 2 is 2.11 bits per heavy atom. The Morgan fingerprint density at radius 1 is 1.44 bits per heavy atom. The van der Waals surface area contributed by atoms with Gasteiger partial charge in [0.05, 0.1) is 18.1 Å². The molecule has 18 heavy (non-hydrogen) atoms. The third kappa shape index (κ3) is 1.97. The predicted octanol–water partition coefficient (Wildman–Crippen LogP) is 0.524. The van der Waals surface area contributed by atoms with E-state index in [1.165, 1.54) is 0 Å². The minimum Gasteiger partial charge on any atom is -0.372 e. The maximum Gasteiger partial charge on any atom is 0.248 e. The Labute approximate surface area is 101 Å². The molecular formula is C10H9F2NO4S. The fraction of sp³-hybridized carbons (Fsp3) is 0.300. The summed E-state index contributed by atoms with van der Waals surface area (Å²) in [7, 11) is -4.38. The Bertz CT molecular complexity index is 615. The summed E-state index contributed by atoms with van der Waals surface area (Å²) in [5, 5.41) is 0. The standard InChI is InChI=1S/C10H9F2NO4S/c11-7-1-5(10(13)14)2-8-6(7)3-17-4-9(12)18(8,15)16/h1-2,9H,3-4H2,(H2,13,14). The van der Waals surface area contributed by atoms with Gasteiger partial charge in [0.15, 0.2) is 0 Å². The molecule has 1 aromatic carbocycles. The van der Waals surface area contributed by atoms with E-state index in [2.05, 4.69) is 0 Å². The van der Waals surface area contributed by atoms with Gasteiger partial charge in [0.1, 0.15) is 5.82 Å². The van der Waals surface area contributed by atoms with E-state index in [0.29, 0.717) is 0 Å². The number of ether oxygens (including phenoxy) is 1. The van der Waals surface area contributed by atoms with Gasteiger partial charge in [-0.15, -0.1) is 0 Å². The van der Waals surface area contributed by atoms with Crippen LogP contribution in [0.5, 0.6) is 0 Å². The number of nitrogens with two attached hydrogens (primary N) is 1. The molecule has 1 amide bonds. The SMILES string of the molecule is NC(=O)c1cc(F)c2c(c1)S(=O)(=O)C(F)COC2. The van der Waals surface area contributed by atoms with Gasteiger partial charge in [-0.05, 0) is 12.1 Å². The number of halogens is 2. The average Bonchev–Trinajstić information content (AvgIpc) is 2.39. The third-order valence-corrected chi connectivity index (χ3v) is 4.36. The number of hydrogen-bond donors (Lipinski definition) is 1. The number of carbonyl (C=O) groups excluding carboxylic acids is 1. The highest BCUT2D eigenvalue weighted by molar-refractivity contribution is 7.92. The topological polar surface area (TPSA) is 86.5 Å². The number of sulfone groups is 1. The summed E-state index contributed by atoms with van der Waals surface area (Å²) in [6, 6.07) is 1.68. The molecule has 1 aromatic rings. The minimum absolute atomic E-state index is 0.292. The molecule has 0 bridgehead atoms. The molecule has 0 fully saturated rings. The first-order chi connectivity index (χ1) is 8.34. The summed E-state index contributed by atoms with van der Waals surface area (Å²) in [5.41, 5.74) is 2.04. The summed E-state index contributed by atoms with van der Waals surface area (Å²) in [4.78, 5) is 10.4. The fourth-order valence-corrected chi connectivity index (χ4v) is 2.97. The lowest BCUT2D eigenvalue weighted by atomic mass is 10.1. The van der Waals surface area contributed by atoms with Gasteiger partial charge in [-0.3, -0.25) is 4.79 Å². The van der Waals surface area contributed by atoms with E-state index in [4.69, 9.17) is 10.5 Å². The highest BCUT2D eigenvalue weighted by Crippen LogP contribution is 2.29. The second-order valence-corrected chi connectivity index (χ2v) is 5.81. The van der Waals surface area contributed by atoms with Crippen LogP contribution in [0.2, 0.25) is 0 Å². The van der Waals surface area contributed by atoms with Gasteiger partial charge in [0, 0.05) is 11.1 Å². The maximum atomic E-state index is 13.7. The van der Waals surface area contributed by atoms with Crippen LogP contribution in [0.3, 0.4) is 0 Å². The van der Waals surface area contributed by atoms with Crippen LogP contribution in [-0.4, -0.2) is 26.4 Å². The minimum atomic E-state index is -4.38. The van der Waals surface area contributed by atoms with Crippen LogP contribution < -0.4 is 5.73 Å². The number of rotatable bonds is 1. The van der Waals surface area contributed by atoms with Crippen LogP contribution >= 0.6 is 0 Å². The number of fused-ring (bicyclic) bond motifs is 1. The van der Waals surface area contributed by atoms with Crippen molar-refractivity contribution < 1.29 is 26.7 Å². The van der Waals surface area contributed by atoms with Gasteiger partial charge in [-0.25, -0.2) is 17.2 Å². The molecule has 0 radical (unpaired) electrons. The van der Waals surface area contributed by atoms with E-state index in [-0.39, 0.29) is 17.7 Å². The molecule has 98 valence electrons. The lowest BCUT2D eigenvalue weighted by Gasteiger charge is -2.09. The number of carbonyl (C=O) groups is 1. The molecule has 0 spiro atoms. The van der Waals surface area contributed by atoms with Gasteiger partial charge in [0.25, 0.3) is 0 Å². The van der Waals surface area contributed by atoms with Crippen LogP contribution in [-0.2, 0) is 21.2 Å². The summed E-state index contributed by atoms with van der Waals surface area (Å²) < 4.78 is 55.4. The molecule has 1 atom stereocenters. The van der Waals surface area contributed by atoms with Crippen LogP contribution in [0.15, 0.2) is 17.0 Å². The van der Waals surface area contributed by atoms with Gasteiger partial charge in [0.2, 0.25) is 21.2 Å². The van der Waals surface area contributed by atoms with Crippen molar-refractivity contribution in [2.24, 2.45) is 5.73 Å². The zero-order valence-corrected chi connectivity index (χ0v) is 9.84. The lowest BCUT2D eigenvalue weighted by molar-refractivity contribution is 0.0947. The van der Waals surface area contributed by atoms with E-state index in [9.17, 15) is 22.0 Å². The molecule has 5 nitrogen and oxygen atoms in total. The maximum absolute atomic E-state index is 13.7. The Morgan fingerprint density at radius 3 is 2.72 bits per heavy atom. The second kappa shape index (κ2) is 4.29. The van der Waals surface area contributed by atoms with Gasteiger partial charge < -0.3 is 10.5 Å². The normalized spacial score (nSPS) is 22.0. The van der Waals surface area contributed by atoms with E-state index < -0.39 is 38.6 Å². The summed E-state index contributed by atoms with van der Waals surface area (Å²) >= 11 is 0. The first kappa shape index (κ1) is 12.9. The second-order valence-electron chi connectivity index (χ2n) is 3.77. The Balaban J connectivity index is 2.75. The molecule has 0 saturated carbocycles. The molecule has 8 heteroatoms. The number of benzene rings is 1. The molecule has 1 aliphatic heterocycles. The van der Waals surface area contributed by atoms with E-state index in [1.54, 1.807) is 0 Å². The summed E-state index contributed by atoms with van der Waals surface area (Å²) in [5.74, 6) is -1.95. The zero-order valence-electron chi connectivity index (χ0n) is 9.02. The smallest absolute Gasteiger partial charge is 0.248 e. The van der Waals surface area contributed by atoms with Crippen molar-refractivity contribution in [3.05, 3.63) is 29.1 Å². The van der Waals surface area contributed by atoms with Crippen LogP contribution in [0, 0.1) is 5.82 Å². The van der Waals surface area contributed by atoms with Crippen LogP contribution in [0.25, 0.3) is 0 Å². The monoisotopic (exact) mass is 277 g/mol. The van der Waals surface area contributed by atoms with Gasteiger partial charge in [-0.2, -0.15) is 0 Å². The largest absolute Gasteiger partial charge is 0.372 e. The molecule has 2 rings (SSSR count). The fourth-order valence-electron chi connectivity index (χ4n) is 1.63. The average molecular weight is 277 g/mol. The van der Waals surface area contributed by atoms with E-state index in [1.807, 2.05) is 0 Å². The molecule has 0 saturated heterocycles. The third-order valence-electron chi connectivity index (χ3n) is 2.58. The Hall–Kier alpha value is -1.54. The van der Waals surface area contributed by atoms with E-state index >= 15 is 0 Å². The summed E-state index contributed by atoms with van der Waals surface area (Å²) in [6.07, 6.45) is 0. The van der Waals surface area contributed by atoms with Crippen molar-refractivity contribution in [2.45, 2.75) is 17.0 Å². The van der Waals surface area contributed by atoms with Crippen molar-refractivity contribution >= 4 is 15.7 Å². The van der Waals surface area contributed by atoms with Gasteiger partial charge in [-0.1, -0.05) is 0 Å².